The summed E-state index contributed by atoms with van der Waals surface area (Å²) in [6, 6.07) is 1.96. The molecular weight excluding hydrogens is 372 g/mol. The number of alkyl halides is 2. The lowest BCUT2D eigenvalue weighted by atomic mass is 9.97. The van der Waals surface area contributed by atoms with E-state index in [-0.39, 0.29) is 24.2 Å². The van der Waals surface area contributed by atoms with Crippen LogP contribution in [0, 0.1) is 5.92 Å². The van der Waals surface area contributed by atoms with Crippen LogP contribution in [-0.2, 0) is 4.79 Å². The Hall–Kier alpha value is -1.58. The molecule has 3 N–H and O–H groups in total. The van der Waals surface area contributed by atoms with Gasteiger partial charge in [0.05, 0.1) is 24.4 Å². The van der Waals surface area contributed by atoms with Crippen LogP contribution in [0.25, 0.3) is 10.2 Å². The van der Waals surface area contributed by atoms with Crippen molar-refractivity contribution in [2.24, 2.45) is 11.7 Å². The number of amides is 1. The van der Waals surface area contributed by atoms with Crippen molar-refractivity contribution in [3.05, 3.63) is 17.8 Å². The number of nitrogens with zero attached hydrogens (tertiary/aromatic N) is 3. The summed E-state index contributed by atoms with van der Waals surface area (Å²) in [5.41, 5.74) is 4.99. The SMILES string of the molecule is Cl.NCC(F)(F)CNC(=O)C1CCCN(c2ncnc3sccc23)C1. The third-order valence-corrected chi connectivity index (χ3v) is 4.97. The van der Waals surface area contributed by atoms with Crippen molar-refractivity contribution >= 4 is 45.7 Å². The molecule has 25 heavy (non-hydrogen) atoms. The van der Waals surface area contributed by atoms with Crippen molar-refractivity contribution in [1.29, 1.82) is 0 Å². The monoisotopic (exact) mass is 391 g/mol. The molecule has 3 heterocycles. The second-order valence-corrected chi connectivity index (χ2v) is 6.79. The number of nitrogens with two attached hydrogens (primary N) is 1. The van der Waals surface area contributed by atoms with Gasteiger partial charge in [0.15, 0.2) is 0 Å². The predicted octanol–water partition coefficient (Wildman–Crippen LogP) is 2.04. The molecular formula is C15H20ClF2N5OS. The van der Waals surface area contributed by atoms with Crippen LogP contribution in [0.3, 0.4) is 0 Å². The first-order chi connectivity index (χ1) is 11.5. The van der Waals surface area contributed by atoms with Gasteiger partial charge in [-0.15, -0.1) is 23.7 Å². The van der Waals surface area contributed by atoms with Gasteiger partial charge in [0.2, 0.25) is 5.91 Å². The maximum Gasteiger partial charge on any atom is 0.277 e. The summed E-state index contributed by atoms with van der Waals surface area (Å²) in [5.74, 6) is -2.97. The lowest BCUT2D eigenvalue weighted by molar-refractivity contribution is -0.127. The summed E-state index contributed by atoms with van der Waals surface area (Å²) in [5, 5.41) is 5.23. The number of fused-ring (bicyclic) bond motifs is 1. The highest BCUT2D eigenvalue weighted by molar-refractivity contribution is 7.16. The molecule has 0 bridgehead atoms. The molecule has 3 rings (SSSR count). The van der Waals surface area contributed by atoms with Crippen molar-refractivity contribution in [1.82, 2.24) is 15.3 Å². The van der Waals surface area contributed by atoms with Gasteiger partial charge in [-0.2, -0.15) is 0 Å². The second kappa shape index (κ2) is 8.20. The molecule has 1 aliphatic rings. The van der Waals surface area contributed by atoms with Gasteiger partial charge >= 0.3 is 0 Å². The van der Waals surface area contributed by atoms with Crippen molar-refractivity contribution in [3.63, 3.8) is 0 Å². The van der Waals surface area contributed by atoms with Crippen molar-refractivity contribution < 1.29 is 13.6 Å². The van der Waals surface area contributed by atoms with Gasteiger partial charge < -0.3 is 16.0 Å². The van der Waals surface area contributed by atoms with Crippen LogP contribution in [0.5, 0.6) is 0 Å². The molecule has 0 radical (unpaired) electrons. The smallest absolute Gasteiger partial charge is 0.277 e. The topological polar surface area (TPSA) is 84.1 Å². The summed E-state index contributed by atoms with van der Waals surface area (Å²) in [6.07, 6.45) is 3.00. The van der Waals surface area contributed by atoms with E-state index < -0.39 is 19.0 Å². The Bertz CT molecular complexity index is 729. The molecule has 0 spiro atoms. The summed E-state index contributed by atoms with van der Waals surface area (Å²) < 4.78 is 26.4. The maximum atomic E-state index is 13.2. The number of piperidine rings is 1. The molecule has 1 fully saturated rings. The van der Waals surface area contributed by atoms with E-state index in [1.165, 1.54) is 17.7 Å². The van der Waals surface area contributed by atoms with Crippen LogP contribution in [0.15, 0.2) is 17.8 Å². The summed E-state index contributed by atoms with van der Waals surface area (Å²) in [4.78, 5) is 23.7. The number of thiophene rings is 1. The van der Waals surface area contributed by atoms with E-state index in [0.29, 0.717) is 13.0 Å². The first-order valence-corrected chi connectivity index (χ1v) is 8.67. The molecule has 1 amide bonds. The number of aromatic nitrogens is 2. The van der Waals surface area contributed by atoms with Crippen LogP contribution >= 0.6 is 23.7 Å². The molecule has 10 heteroatoms. The highest BCUT2D eigenvalue weighted by Crippen LogP contribution is 2.30. The zero-order chi connectivity index (χ0) is 17.2. The molecule has 1 aliphatic heterocycles. The number of hydrogen-bond donors (Lipinski definition) is 2. The first kappa shape index (κ1) is 19.7. The average molecular weight is 392 g/mol. The lowest BCUT2D eigenvalue weighted by Crippen LogP contribution is -2.47. The fraction of sp³-hybridized carbons (Fsp3) is 0.533. The summed E-state index contributed by atoms with van der Waals surface area (Å²) in [6.45, 7) is -0.255. The number of halogens is 3. The quantitative estimate of drug-likeness (QED) is 0.814. The molecule has 0 aromatic carbocycles. The van der Waals surface area contributed by atoms with E-state index in [1.54, 1.807) is 0 Å². The maximum absolute atomic E-state index is 13.2. The third kappa shape index (κ3) is 4.53. The van der Waals surface area contributed by atoms with Crippen LogP contribution < -0.4 is 16.0 Å². The highest BCUT2D eigenvalue weighted by atomic mass is 35.5. The van der Waals surface area contributed by atoms with Crippen LogP contribution in [0.2, 0.25) is 0 Å². The number of anilines is 1. The Morgan fingerprint density at radius 3 is 3.04 bits per heavy atom. The first-order valence-electron chi connectivity index (χ1n) is 7.79. The standard InChI is InChI=1S/C15H19F2N5OS.ClH/c16-15(17,7-18)8-19-13(23)10-2-1-4-22(6-10)12-11-3-5-24-14(11)21-9-20-12;/h3,5,9-10H,1-2,4,6-8,18H2,(H,19,23);1H. The molecule has 1 saturated heterocycles. The highest BCUT2D eigenvalue weighted by Gasteiger charge is 2.31. The fourth-order valence-electron chi connectivity index (χ4n) is 2.85. The minimum atomic E-state index is -3.07. The number of carbonyl (C=O) groups excluding carboxylic acids is 1. The minimum Gasteiger partial charge on any atom is -0.355 e. The Morgan fingerprint density at radius 2 is 2.28 bits per heavy atom. The van der Waals surface area contributed by atoms with E-state index in [0.717, 1.165) is 29.0 Å². The number of rotatable bonds is 5. The number of carbonyl (C=O) groups is 1. The van der Waals surface area contributed by atoms with Crippen LogP contribution in [-0.4, -0.2) is 48.0 Å². The van der Waals surface area contributed by atoms with Gasteiger partial charge in [-0.3, -0.25) is 4.79 Å². The number of nitrogens with one attached hydrogen (secondary N) is 1. The number of hydrogen-bond acceptors (Lipinski definition) is 6. The summed E-state index contributed by atoms with van der Waals surface area (Å²) in [7, 11) is 0. The van der Waals surface area contributed by atoms with Crippen molar-refractivity contribution in [2.75, 3.05) is 31.1 Å². The van der Waals surface area contributed by atoms with Crippen molar-refractivity contribution in [3.8, 4) is 0 Å². The Morgan fingerprint density at radius 1 is 1.48 bits per heavy atom. The Balaban J connectivity index is 0.00000225. The van der Waals surface area contributed by atoms with Gasteiger partial charge in [-0.25, -0.2) is 18.7 Å². The zero-order valence-corrected chi connectivity index (χ0v) is 15.1. The molecule has 1 unspecified atom stereocenters. The van der Waals surface area contributed by atoms with E-state index in [4.69, 9.17) is 5.73 Å². The average Bonchev–Trinajstić information content (AvgIpc) is 3.08. The van der Waals surface area contributed by atoms with E-state index in [2.05, 4.69) is 15.3 Å². The van der Waals surface area contributed by atoms with Crippen LogP contribution in [0.1, 0.15) is 12.8 Å². The predicted molar refractivity (Wildman–Crippen MR) is 96.6 cm³/mol. The van der Waals surface area contributed by atoms with Gasteiger partial charge in [0.25, 0.3) is 5.92 Å². The third-order valence-electron chi connectivity index (χ3n) is 4.15. The molecule has 0 saturated carbocycles. The Labute approximate surface area is 154 Å². The molecule has 138 valence electrons. The normalized spacial score (nSPS) is 18.0. The van der Waals surface area contributed by atoms with Crippen molar-refractivity contribution in [2.45, 2.75) is 18.8 Å². The second-order valence-electron chi connectivity index (χ2n) is 5.90. The minimum absolute atomic E-state index is 0. The summed E-state index contributed by atoms with van der Waals surface area (Å²) >= 11 is 1.53. The van der Waals surface area contributed by atoms with Gasteiger partial charge in [0, 0.05) is 13.1 Å². The lowest BCUT2D eigenvalue weighted by Gasteiger charge is -2.33. The zero-order valence-electron chi connectivity index (χ0n) is 13.5. The largest absolute Gasteiger partial charge is 0.355 e. The molecule has 2 aromatic rings. The fourth-order valence-corrected chi connectivity index (χ4v) is 3.57. The van der Waals surface area contributed by atoms with E-state index in [9.17, 15) is 13.6 Å². The van der Waals surface area contributed by atoms with E-state index >= 15 is 0 Å². The van der Waals surface area contributed by atoms with Gasteiger partial charge in [0.1, 0.15) is 17.0 Å². The van der Waals surface area contributed by atoms with Crippen LogP contribution in [0.4, 0.5) is 14.6 Å². The molecule has 2 aromatic heterocycles. The van der Waals surface area contributed by atoms with Gasteiger partial charge in [-0.05, 0) is 24.3 Å². The van der Waals surface area contributed by atoms with E-state index in [1.807, 2.05) is 16.3 Å². The molecule has 1 atom stereocenters. The molecule has 0 aliphatic carbocycles. The van der Waals surface area contributed by atoms with Gasteiger partial charge in [-0.1, -0.05) is 0 Å². The molecule has 6 nitrogen and oxygen atoms in total. The Kier molecular flexibility index (Phi) is 6.47.